The van der Waals surface area contributed by atoms with E-state index in [1.54, 1.807) is 7.05 Å². The molecule has 1 saturated carbocycles. The lowest BCUT2D eigenvalue weighted by atomic mass is 9.80. The Balaban J connectivity index is 1.76. The van der Waals surface area contributed by atoms with Crippen LogP contribution in [0.3, 0.4) is 0 Å². The van der Waals surface area contributed by atoms with E-state index >= 15 is 0 Å². The first-order chi connectivity index (χ1) is 14.0. The van der Waals surface area contributed by atoms with Gasteiger partial charge in [0.1, 0.15) is 0 Å². The molecule has 8 heteroatoms. The molecule has 0 aliphatic heterocycles. The third-order valence-electron chi connectivity index (χ3n) is 6.00. The Morgan fingerprint density at radius 3 is 2.69 bits per heavy atom. The predicted molar refractivity (Wildman–Crippen MR) is 112 cm³/mol. The number of amides is 1. The molecule has 2 heterocycles. The fourth-order valence-corrected chi connectivity index (χ4v) is 4.39. The van der Waals surface area contributed by atoms with E-state index in [1.807, 2.05) is 36.4 Å². The van der Waals surface area contributed by atoms with Crippen LogP contribution in [0.5, 0.6) is 0 Å². The van der Waals surface area contributed by atoms with Gasteiger partial charge in [-0.1, -0.05) is 30.9 Å². The molecule has 1 amide bonds. The minimum absolute atomic E-state index is 0.0569. The van der Waals surface area contributed by atoms with Crippen molar-refractivity contribution in [1.82, 2.24) is 29.8 Å². The first kappa shape index (κ1) is 19.6. The first-order valence-corrected chi connectivity index (χ1v) is 10.3. The molecule has 8 nitrogen and oxygen atoms in total. The van der Waals surface area contributed by atoms with Crippen LogP contribution < -0.4 is 16.2 Å². The van der Waals surface area contributed by atoms with Gasteiger partial charge in [-0.05, 0) is 38.8 Å². The van der Waals surface area contributed by atoms with Crippen molar-refractivity contribution in [3.05, 3.63) is 39.9 Å². The van der Waals surface area contributed by atoms with Gasteiger partial charge in [-0.15, -0.1) is 10.2 Å². The second kappa shape index (κ2) is 7.59. The van der Waals surface area contributed by atoms with E-state index in [1.165, 1.54) is 4.57 Å². The number of nitrogens with zero attached hydrogens (tertiary/aromatic N) is 4. The molecule has 0 saturated heterocycles. The molecule has 0 spiro atoms. The molecule has 154 valence electrons. The number of benzene rings is 1. The van der Waals surface area contributed by atoms with Crippen LogP contribution in [0.25, 0.3) is 16.7 Å². The molecule has 1 aliphatic carbocycles. The normalized spacial score (nSPS) is 16.4. The zero-order chi connectivity index (χ0) is 20.6. The number of carbonyl (C=O) groups is 1. The zero-order valence-corrected chi connectivity index (χ0v) is 17.3. The van der Waals surface area contributed by atoms with E-state index in [0.717, 1.165) is 43.2 Å². The average Bonchev–Trinajstić information content (AvgIpc) is 3.15. The van der Waals surface area contributed by atoms with Gasteiger partial charge < -0.3 is 5.32 Å². The topological polar surface area (TPSA) is 93.3 Å². The van der Waals surface area contributed by atoms with Crippen molar-refractivity contribution in [2.24, 2.45) is 7.05 Å². The lowest BCUT2D eigenvalue weighted by molar-refractivity contribution is -0.129. The fourth-order valence-electron chi connectivity index (χ4n) is 4.39. The Kier molecular flexibility index (Phi) is 5.12. The highest BCUT2D eigenvalue weighted by molar-refractivity contribution is 5.86. The van der Waals surface area contributed by atoms with Crippen molar-refractivity contribution in [2.75, 3.05) is 6.54 Å². The van der Waals surface area contributed by atoms with Crippen molar-refractivity contribution < 1.29 is 4.79 Å². The van der Waals surface area contributed by atoms with E-state index < -0.39 is 5.54 Å². The highest BCUT2D eigenvalue weighted by Gasteiger charge is 2.39. The summed E-state index contributed by atoms with van der Waals surface area (Å²) in [5, 5.41) is 15.7. The molecule has 4 rings (SSSR count). The number of likely N-dealkylation sites (N-methyl/N-ethyl adjacent to an activating group) is 1. The standard InChI is InChI=1S/C21H28N6O2/c1-4-22-19(29)21(10-6-5-7-11-21)23-13-17-24-25-20-26(3)18(28)15-12-14(2)8-9-16(15)27(17)20/h8-9,12,23H,4-7,10-11,13H2,1-3H3,(H,22,29). The van der Waals surface area contributed by atoms with Crippen LogP contribution in [-0.4, -0.2) is 37.2 Å². The second-order valence-electron chi connectivity index (χ2n) is 7.99. The molecule has 0 unspecified atom stereocenters. The lowest BCUT2D eigenvalue weighted by Crippen LogP contribution is -2.57. The number of fused-ring (bicyclic) bond motifs is 3. The molecule has 2 aromatic heterocycles. The Bertz CT molecular complexity index is 1120. The van der Waals surface area contributed by atoms with Crippen molar-refractivity contribution >= 4 is 22.6 Å². The third kappa shape index (κ3) is 3.31. The largest absolute Gasteiger partial charge is 0.355 e. The molecule has 1 fully saturated rings. The van der Waals surface area contributed by atoms with Crippen molar-refractivity contribution in [1.29, 1.82) is 0 Å². The molecule has 0 radical (unpaired) electrons. The number of carbonyl (C=O) groups excluding carboxylic acids is 1. The summed E-state index contributed by atoms with van der Waals surface area (Å²) in [6.45, 7) is 4.92. The number of nitrogens with one attached hydrogen (secondary N) is 2. The third-order valence-corrected chi connectivity index (χ3v) is 6.00. The highest BCUT2D eigenvalue weighted by Crippen LogP contribution is 2.29. The van der Waals surface area contributed by atoms with Crippen molar-refractivity contribution in [3.63, 3.8) is 0 Å². The molecular weight excluding hydrogens is 368 g/mol. The maximum absolute atomic E-state index is 12.8. The second-order valence-corrected chi connectivity index (χ2v) is 7.99. The van der Waals surface area contributed by atoms with Gasteiger partial charge in [0.25, 0.3) is 5.56 Å². The van der Waals surface area contributed by atoms with Crippen molar-refractivity contribution in [2.45, 2.75) is 58.0 Å². The molecule has 1 aromatic carbocycles. The van der Waals surface area contributed by atoms with Crippen LogP contribution >= 0.6 is 0 Å². The van der Waals surface area contributed by atoms with Crippen LogP contribution in [0.1, 0.15) is 50.4 Å². The summed E-state index contributed by atoms with van der Waals surface area (Å²) in [6, 6.07) is 5.81. The van der Waals surface area contributed by atoms with E-state index in [9.17, 15) is 9.59 Å². The fraction of sp³-hybridized carbons (Fsp3) is 0.524. The van der Waals surface area contributed by atoms with Crippen LogP contribution in [0.2, 0.25) is 0 Å². The van der Waals surface area contributed by atoms with Gasteiger partial charge in [0, 0.05) is 13.6 Å². The lowest BCUT2D eigenvalue weighted by Gasteiger charge is -2.36. The van der Waals surface area contributed by atoms with E-state index in [2.05, 4.69) is 20.8 Å². The molecular formula is C21H28N6O2. The molecule has 1 aliphatic rings. The summed E-state index contributed by atoms with van der Waals surface area (Å²) in [7, 11) is 1.71. The Morgan fingerprint density at radius 1 is 1.21 bits per heavy atom. The molecule has 29 heavy (non-hydrogen) atoms. The van der Waals surface area contributed by atoms with Gasteiger partial charge >= 0.3 is 0 Å². The van der Waals surface area contributed by atoms with Crippen molar-refractivity contribution in [3.8, 4) is 0 Å². The minimum atomic E-state index is -0.576. The molecule has 0 atom stereocenters. The first-order valence-electron chi connectivity index (χ1n) is 10.3. The van der Waals surface area contributed by atoms with Crippen LogP contribution in [0, 0.1) is 6.92 Å². The minimum Gasteiger partial charge on any atom is -0.355 e. The molecule has 3 aromatic rings. The molecule has 2 N–H and O–H groups in total. The number of aryl methyl sites for hydroxylation is 2. The highest BCUT2D eigenvalue weighted by atomic mass is 16.2. The summed E-state index contributed by atoms with van der Waals surface area (Å²) < 4.78 is 3.44. The zero-order valence-electron chi connectivity index (χ0n) is 17.3. The Hall–Kier alpha value is -2.74. The summed E-state index contributed by atoms with van der Waals surface area (Å²) in [4.78, 5) is 25.6. The van der Waals surface area contributed by atoms with E-state index in [-0.39, 0.29) is 11.5 Å². The maximum Gasteiger partial charge on any atom is 0.262 e. The summed E-state index contributed by atoms with van der Waals surface area (Å²) >= 11 is 0. The quantitative estimate of drug-likeness (QED) is 0.686. The number of hydrogen-bond acceptors (Lipinski definition) is 5. The average molecular weight is 396 g/mol. The smallest absolute Gasteiger partial charge is 0.262 e. The van der Waals surface area contributed by atoms with Crippen LogP contribution in [0.4, 0.5) is 0 Å². The Labute approximate surface area is 169 Å². The monoisotopic (exact) mass is 396 g/mol. The number of rotatable bonds is 5. The van der Waals surface area contributed by atoms with Gasteiger partial charge in [0.05, 0.1) is 23.0 Å². The van der Waals surface area contributed by atoms with Gasteiger partial charge in [-0.2, -0.15) is 0 Å². The maximum atomic E-state index is 12.8. The molecule has 0 bridgehead atoms. The predicted octanol–water partition coefficient (Wildman–Crippen LogP) is 1.82. The van der Waals surface area contributed by atoms with Gasteiger partial charge in [-0.3, -0.25) is 23.9 Å². The van der Waals surface area contributed by atoms with Crippen LogP contribution in [0.15, 0.2) is 23.0 Å². The van der Waals surface area contributed by atoms with E-state index in [4.69, 9.17) is 0 Å². The number of hydrogen-bond donors (Lipinski definition) is 2. The van der Waals surface area contributed by atoms with Gasteiger partial charge in [-0.25, -0.2) is 0 Å². The summed E-state index contributed by atoms with van der Waals surface area (Å²) in [5.41, 5.74) is 1.15. The summed E-state index contributed by atoms with van der Waals surface area (Å²) in [6.07, 6.45) is 4.84. The Morgan fingerprint density at radius 2 is 1.97 bits per heavy atom. The van der Waals surface area contributed by atoms with Gasteiger partial charge in [0.2, 0.25) is 11.7 Å². The number of aromatic nitrogens is 4. The van der Waals surface area contributed by atoms with E-state index in [0.29, 0.717) is 30.1 Å². The van der Waals surface area contributed by atoms with Crippen LogP contribution in [-0.2, 0) is 18.4 Å². The SMILES string of the molecule is CCNC(=O)C1(NCc2nnc3n(C)c(=O)c4cc(C)ccc4n23)CCCCC1. The van der Waals surface area contributed by atoms with Gasteiger partial charge in [0.15, 0.2) is 5.82 Å². The summed E-state index contributed by atoms with van der Waals surface area (Å²) in [5.74, 6) is 1.25.